The van der Waals surface area contributed by atoms with Crippen molar-refractivity contribution in [3.8, 4) is 0 Å². The van der Waals surface area contributed by atoms with Gasteiger partial charge < -0.3 is 0 Å². The maximum absolute atomic E-state index is 12.9. The van der Waals surface area contributed by atoms with Gasteiger partial charge in [-0.3, -0.25) is 14.7 Å². The third-order valence-electron chi connectivity index (χ3n) is 3.29. The first-order valence-corrected chi connectivity index (χ1v) is 8.38. The topological polar surface area (TPSA) is 32.7 Å². The minimum atomic E-state index is -0.0237. The Hall–Kier alpha value is -2.33. The average Bonchev–Trinajstić information content (AvgIpc) is 2.84. The molecule has 0 bridgehead atoms. The number of para-hydroxylation sites is 1. The molecule has 1 fully saturated rings. The van der Waals surface area contributed by atoms with Gasteiger partial charge in [-0.1, -0.05) is 48.5 Å². The molecule has 1 aliphatic heterocycles. The number of nitrogens with zero attached hydrogens (tertiary/aromatic N) is 2. The molecule has 1 aliphatic rings. The molecule has 116 valence electrons. The number of carbonyl (C=O) groups is 1. The van der Waals surface area contributed by atoms with E-state index < -0.39 is 0 Å². The normalized spacial score (nSPS) is 18.4. The van der Waals surface area contributed by atoms with Gasteiger partial charge in [-0.15, -0.1) is 0 Å². The molecule has 3 nitrogen and oxygen atoms in total. The van der Waals surface area contributed by atoms with Crippen molar-refractivity contribution in [3.63, 3.8) is 0 Å². The number of carbonyl (C=O) groups excluding carboxylic acids is 1. The summed E-state index contributed by atoms with van der Waals surface area (Å²) in [6.45, 7) is 4.03. The predicted octanol–water partition coefficient (Wildman–Crippen LogP) is 4.57. The molecule has 0 spiro atoms. The Bertz CT molecular complexity index is 751. The van der Waals surface area contributed by atoms with E-state index in [4.69, 9.17) is 0 Å². The molecule has 0 atom stereocenters. The monoisotopic (exact) mass is 322 g/mol. The zero-order valence-corrected chi connectivity index (χ0v) is 14.0. The maximum Gasteiger partial charge on any atom is 0.271 e. The van der Waals surface area contributed by atoms with Crippen molar-refractivity contribution in [1.29, 1.82) is 0 Å². The van der Waals surface area contributed by atoms with Crippen LogP contribution in [-0.2, 0) is 4.79 Å². The number of hydrogen-bond acceptors (Lipinski definition) is 3. The Labute approximate surface area is 140 Å². The van der Waals surface area contributed by atoms with Gasteiger partial charge in [-0.05, 0) is 49.4 Å². The molecular formula is C19H18N2OS. The minimum Gasteiger partial charge on any atom is -0.268 e. The van der Waals surface area contributed by atoms with Crippen LogP contribution in [0.4, 0.5) is 5.69 Å². The summed E-state index contributed by atoms with van der Waals surface area (Å²) in [4.78, 5) is 19.9. The van der Waals surface area contributed by atoms with Crippen molar-refractivity contribution in [2.45, 2.75) is 19.9 Å². The summed E-state index contributed by atoms with van der Waals surface area (Å²) in [5.41, 5.74) is 1.86. The summed E-state index contributed by atoms with van der Waals surface area (Å²) in [5, 5.41) is 0.735. The van der Waals surface area contributed by atoms with E-state index in [1.165, 1.54) is 11.8 Å². The Morgan fingerprint density at radius 3 is 2.22 bits per heavy atom. The lowest BCUT2D eigenvalue weighted by molar-refractivity contribution is -0.113. The largest absolute Gasteiger partial charge is 0.271 e. The van der Waals surface area contributed by atoms with Crippen LogP contribution in [0.15, 0.2) is 70.6 Å². The molecule has 0 aliphatic carbocycles. The van der Waals surface area contributed by atoms with Gasteiger partial charge in [-0.2, -0.15) is 0 Å². The molecule has 0 saturated carbocycles. The van der Waals surface area contributed by atoms with Crippen LogP contribution in [0.2, 0.25) is 0 Å². The standard InChI is InChI=1S/C19H18N2OS/c1-14(2)20-19-21(16-11-7-4-8-12-16)18(22)17(23-19)13-15-9-5-3-6-10-15/h3-14H,1-2H3/b17-13-,20-19?. The van der Waals surface area contributed by atoms with Gasteiger partial charge in [0.05, 0.1) is 10.6 Å². The molecule has 1 amide bonds. The lowest BCUT2D eigenvalue weighted by Gasteiger charge is -2.16. The van der Waals surface area contributed by atoms with E-state index in [0.717, 1.165) is 16.4 Å². The first kappa shape index (κ1) is 15.6. The molecule has 1 heterocycles. The molecule has 4 heteroatoms. The Morgan fingerprint density at radius 1 is 1.00 bits per heavy atom. The van der Waals surface area contributed by atoms with Crippen LogP contribution in [0.3, 0.4) is 0 Å². The number of rotatable bonds is 3. The summed E-state index contributed by atoms with van der Waals surface area (Å²) in [6, 6.07) is 19.7. The molecule has 0 aromatic heterocycles. The lowest BCUT2D eigenvalue weighted by atomic mass is 10.2. The van der Waals surface area contributed by atoms with Crippen molar-refractivity contribution in [3.05, 3.63) is 71.1 Å². The SMILES string of the molecule is CC(C)N=C1S/C(=C\c2ccccc2)C(=O)N1c1ccccc1. The molecule has 1 saturated heterocycles. The average molecular weight is 322 g/mol. The Kier molecular flexibility index (Phi) is 4.63. The van der Waals surface area contributed by atoms with E-state index >= 15 is 0 Å². The van der Waals surface area contributed by atoms with E-state index in [9.17, 15) is 4.79 Å². The quantitative estimate of drug-likeness (QED) is 0.775. The Balaban J connectivity index is 2.01. The number of thioether (sulfide) groups is 1. The summed E-state index contributed by atoms with van der Waals surface area (Å²) in [6.07, 6.45) is 1.92. The maximum atomic E-state index is 12.9. The second-order valence-corrected chi connectivity index (χ2v) is 6.51. The van der Waals surface area contributed by atoms with Crippen LogP contribution in [0.1, 0.15) is 19.4 Å². The third-order valence-corrected chi connectivity index (χ3v) is 4.27. The summed E-state index contributed by atoms with van der Waals surface area (Å²) < 4.78 is 0. The van der Waals surface area contributed by atoms with Crippen molar-refractivity contribution in [1.82, 2.24) is 0 Å². The number of anilines is 1. The van der Waals surface area contributed by atoms with E-state index in [2.05, 4.69) is 4.99 Å². The Morgan fingerprint density at radius 2 is 1.61 bits per heavy atom. The highest BCUT2D eigenvalue weighted by molar-refractivity contribution is 8.19. The number of benzene rings is 2. The second-order valence-electron chi connectivity index (χ2n) is 5.50. The fourth-order valence-corrected chi connectivity index (χ4v) is 3.40. The van der Waals surface area contributed by atoms with Crippen LogP contribution in [-0.4, -0.2) is 17.1 Å². The fourth-order valence-electron chi connectivity index (χ4n) is 2.29. The van der Waals surface area contributed by atoms with Crippen molar-refractivity contribution in [2.24, 2.45) is 4.99 Å². The van der Waals surface area contributed by atoms with E-state index in [-0.39, 0.29) is 11.9 Å². The third kappa shape index (κ3) is 3.54. The van der Waals surface area contributed by atoms with E-state index in [1.807, 2.05) is 80.6 Å². The van der Waals surface area contributed by atoms with Crippen LogP contribution >= 0.6 is 11.8 Å². The van der Waals surface area contributed by atoms with Crippen molar-refractivity contribution >= 4 is 34.6 Å². The predicted molar refractivity (Wildman–Crippen MR) is 98.5 cm³/mol. The molecule has 0 unspecified atom stereocenters. The van der Waals surface area contributed by atoms with Gasteiger partial charge in [0.1, 0.15) is 0 Å². The highest BCUT2D eigenvalue weighted by Gasteiger charge is 2.34. The van der Waals surface area contributed by atoms with Gasteiger partial charge in [-0.25, -0.2) is 0 Å². The zero-order chi connectivity index (χ0) is 16.2. The molecule has 2 aromatic rings. The van der Waals surface area contributed by atoms with Crippen LogP contribution in [0, 0.1) is 0 Å². The van der Waals surface area contributed by atoms with Gasteiger partial charge >= 0.3 is 0 Å². The highest BCUT2D eigenvalue weighted by Crippen LogP contribution is 2.36. The summed E-state index contributed by atoms with van der Waals surface area (Å²) in [7, 11) is 0. The minimum absolute atomic E-state index is 0.0237. The summed E-state index contributed by atoms with van der Waals surface area (Å²) in [5.74, 6) is -0.0237. The molecule has 23 heavy (non-hydrogen) atoms. The highest BCUT2D eigenvalue weighted by atomic mass is 32.2. The van der Waals surface area contributed by atoms with E-state index in [1.54, 1.807) is 4.90 Å². The van der Waals surface area contributed by atoms with Gasteiger partial charge in [0.2, 0.25) is 0 Å². The fraction of sp³-hybridized carbons (Fsp3) is 0.158. The summed E-state index contributed by atoms with van der Waals surface area (Å²) >= 11 is 1.43. The van der Waals surface area contributed by atoms with Gasteiger partial charge in [0.25, 0.3) is 5.91 Å². The second kappa shape index (κ2) is 6.84. The number of amides is 1. The zero-order valence-electron chi connectivity index (χ0n) is 13.1. The van der Waals surface area contributed by atoms with Crippen LogP contribution in [0.5, 0.6) is 0 Å². The van der Waals surface area contributed by atoms with Gasteiger partial charge in [0, 0.05) is 6.04 Å². The smallest absolute Gasteiger partial charge is 0.268 e. The van der Waals surface area contributed by atoms with Gasteiger partial charge in [0.15, 0.2) is 5.17 Å². The molecule has 0 radical (unpaired) electrons. The molecule has 3 rings (SSSR count). The lowest BCUT2D eigenvalue weighted by Crippen LogP contribution is -2.29. The van der Waals surface area contributed by atoms with Crippen molar-refractivity contribution in [2.75, 3.05) is 4.90 Å². The first-order chi connectivity index (χ1) is 11.1. The number of amidine groups is 1. The molecule has 0 N–H and O–H groups in total. The molecular weight excluding hydrogens is 304 g/mol. The van der Waals surface area contributed by atoms with Crippen LogP contribution < -0.4 is 4.90 Å². The number of aliphatic imine (C=N–C) groups is 1. The van der Waals surface area contributed by atoms with E-state index in [0.29, 0.717) is 4.91 Å². The van der Waals surface area contributed by atoms with Crippen molar-refractivity contribution < 1.29 is 4.79 Å². The van der Waals surface area contributed by atoms with Crippen LogP contribution in [0.25, 0.3) is 6.08 Å². The molecule has 2 aromatic carbocycles. The first-order valence-electron chi connectivity index (χ1n) is 7.57. The number of hydrogen-bond donors (Lipinski definition) is 0.